The molecule has 0 spiro atoms. The van der Waals surface area contributed by atoms with Crippen molar-refractivity contribution in [3.8, 4) is 0 Å². The normalized spacial score (nSPS) is 10.8. The van der Waals surface area contributed by atoms with E-state index in [9.17, 15) is 0 Å². The first-order valence-corrected chi connectivity index (χ1v) is 6.06. The summed E-state index contributed by atoms with van der Waals surface area (Å²) in [6.45, 7) is 7.41. The number of nitrogens with zero attached hydrogens (tertiary/aromatic N) is 1. The number of pyridine rings is 1. The minimum absolute atomic E-state index is 0.515. The van der Waals surface area contributed by atoms with Gasteiger partial charge in [-0.1, -0.05) is 27.2 Å². The lowest BCUT2D eigenvalue weighted by molar-refractivity contribution is 0.588. The summed E-state index contributed by atoms with van der Waals surface area (Å²) in [4.78, 5) is 4.53. The molecule has 3 nitrogen and oxygen atoms in total. The van der Waals surface area contributed by atoms with Gasteiger partial charge in [-0.15, -0.1) is 0 Å². The average Bonchev–Trinajstić information content (AvgIpc) is 2.26. The number of hydrogen-bond donors (Lipinski definition) is 2. The van der Waals surface area contributed by atoms with Gasteiger partial charge in [0, 0.05) is 25.3 Å². The molecular formula is C13H23N3. The van der Waals surface area contributed by atoms with Crippen LogP contribution in [-0.4, -0.2) is 18.1 Å². The maximum atomic E-state index is 4.53. The minimum atomic E-state index is 0.515. The summed E-state index contributed by atoms with van der Waals surface area (Å²) in [5.74, 6) is 0.964. The van der Waals surface area contributed by atoms with E-state index in [0.717, 1.165) is 25.2 Å². The topological polar surface area (TPSA) is 37.0 Å². The Labute approximate surface area is 98.7 Å². The van der Waals surface area contributed by atoms with E-state index in [1.807, 2.05) is 7.05 Å². The molecule has 1 heterocycles. The van der Waals surface area contributed by atoms with E-state index in [4.69, 9.17) is 0 Å². The first-order chi connectivity index (χ1) is 7.65. The SMILES string of the molecule is CCCc1cc(CNC(C)C)cc(NC)n1. The van der Waals surface area contributed by atoms with Crippen molar-refractivity contribution in [1.29, 1.82) is 0 Å². The van der Waals surface area contributed by atoms with E-state index in [2.05, 4.69) is 48.5 Å². The van der Waals surface area contributed by atoms with Crippen LogP contribution in [0.3, 0.4) is 0 Å². The third-order valence-corrected chi connectivity index (χ3v) is 2.41. The van der Waals surface area contributed by atoms with Gasteiger partial charge < -0.3 is 10.6 Å². The molecule has 0 amide bonds. The van der Waals surface area contributed by atoms with Crippen molar-refractivity contribution in [2.24, 2.45) is 0 Å². The summed E-state index contributed by atoms with van der Waals surface area (Å²) in [5.41, 5.74) is 2.48. The van der Waals surface area contributed by atoms with E-state index in [-0.39, 0.29) is 0 Å². The highest BCUT2D eigenvalue weighted by Gasteiger charge is 2.02. The number of rotatable bonds is 6. The van der Waals surface area contributed by atoms with Crippen molar-refractivity contribution in [2.45, 2.75) is 46.2 Å². The van der Waals surface area contributed by atoms with Crippen LogP contribution in [0.1, 0.15) is 38.4 Å². The van der Waals surface area contributed by atoms with Gasteiger partial charge in [0.15, 0.2) is 0 Å². The minimum Gasteiger partial charge on any atom is -0.373 e. The van der Waals surface area contributed by atoms with Crippen molar-refractivity contribution in [3.05, 3.63) is 23.4 Å². The quantitative estimate of drug-likeness (QED) is 0.775. The van der Waals surface area contributed by atoms with Crippen LogP contribution in [0.2, 0.25) is 0 Å². The Morgan fingerprint density at radius 2 is 2.06 bits per heavy atom. The summed E-state index contributed by atoms with van der Waals surface area (Å²) < 4.78 is 0. The van der Waals surface area contributed by atoms with Crippen LogP contribution < -0.4 is 10.6 Å². The lowest BCUT2D eigenvalue weighted by Gasteiger charge is -2.11. The van der Waals surface area contributed by atoms with Crippen molar-refractivity contribution in [2.75, 3.05) is 12.4 Å². The lowest BCUT2D eigenvalue weighted by Crippen LogP contribution is -2.22. The largest absolute Gasteiger partial charge is 0.373 e. The zero-order valence-corrected chi connectivity index (χ0v) is 10.8. The number of aromatic nitrogens is 1. The number of aryl methyl sites for hydroxylation is 1. The van der Waals surface area contributed by atoms with Gasteiger partial charge in [0.2, 0.25) is 0 Å². The van der Waals surface area contributed by atoms with Crippen molar-refractivity contribution >= 4 is 5.82 Å². The van der Waals surface area contributed by atoms with Crippen LogP contribution in [0.5, 0.6) is 0 Å². The van der Waals surface area contributed by atoms with Crippen molar-refractivity contribution in [3.63, 3.8) is 0 Å². The Morgan fingerprint density at radius 1 is 1.31 bits per heavy atom. The van der Waals surface area contributed by atoms with E-state index >= 15 is 0 Å². The Bertz CT molecular complexity index is 321. The van der Waals surface area contributed by atoms with E-state index < -0.39 is 0 Å². The standard InChI is InChI=1S/C13H23N3/c1-5-6-12-7-11(9-15-10(2)3)8-13(14-4)16-12/h7-8,10,15H,5-6,9H2,1-4H3,(H,14,16). The Morgan fingerprint density at radius 3 is 2.62 bits per heavy atom. The highest BCUT2D eigenvalue weighted by Crippen LogP contribution is 2.11. The van der Waals surface area contributed by atoms with Crippen LogP contribution in [0.15, 0.2) is 12.1 Å². The molecule has 0 aliphatic rings. The molecule has 0 fully saturated rings. The molecule has 0 saturated carbocycles. The highest BCUT2D eigenvalue weighted by molar-refractivity contribution is 5.39. The fraction of sp³-hybridized carbons (Fsp3) is 0.615. The van der Waals surface area contributed by atoms with Crippen LogP contribution in [0.25, 0.3) is 0 Å². The van der Waals surface area contributed by atoms with Gasteiger partial charge in [-0.3, -0.25) is 0 Å². The molecule has 0 radical (unpaired) electrons. The number of hydrogen-bond acceptors (Lipinski definition) is 3. The maximum Gasteiger partial charge on any atom is 0.126 e. The second kappa shape index (κ2) is 6.48. The van der Waals surface area contributed by atoms with E-state index in [0.29, 0.717) is 6.04 Å². The zero-order valence-electron chi connectivity index (χ0n) is 10.8. The van der Waals surface area contributed by atoms with Crippen molar-refractivity contribution < 1.29 is 0 Å². The molecule has 1 rings (SSSR count). The molecule has 0 aliphatic heterocycles. The van der Waals surface area contributed by atoms with Gasteiger partial charge in [-0.25, -0.2) is 4.98 Å². The van der Waals surface area contributed by atoms with Crippen LogP contribution in [-0.2, 0) is 13.0 Å². The highest BCUT2D eigenvalue weighted by atomic mass is 15.0. The summed E-state index contributed by atoms with van der Waals surface area (Å²) >= 11 is 0. The second-order valence-corrected chi connectivity index (χ2v) is 4.39. The van der Waals surface area contributed by atoms with Crippen molar-refractivity contribution in [1.82, 2.24) is 10.3 Å². The van der Waals surface area contributed by atoms with Gasteiger partial charge >= 0.3 is 0 Å². The number of anilines is 1. The molecule has 0 saturated heterocycles. The molecule has 1 aromatic rings. The fourth-order valence-corrected chi connectivity index (χ4v) is 1.59. The monoisotopic (exact) mass is 221 g/mol. The summed E-state index contributed by atoms with van der Waals surface area (Å²) in [7, 11) is 1.91. The Hall–Kier alpha value is -1.09. The number of nitrogens with one attached hydrogen (secondary N) is 2. The molecule has 0 atom stereocenters. The van der Waals surface area contributed by atoms with E-state index in [1.54, 1.807) is 0 Å². The summed E-state index contributed by atoms with van der Waals surface area (Å²) in [5, 5.41) is 6.54. The Balaban J connectivity index is 2.77. The molecular weight excluding hydrogens is 198 g/mol. The molecule has 16 heavy (non-hydrogen) atoms. The predicted octanol–water partition coefficient (Wildman–Crippen LogP) is 2.57. The van der Waals surface area contributed by atoms with Crippen LogP contribution in [0.4, 0.5) is 5.82 Å². The third kappa shape index (κ3) is 4.19. The van der Waals surface area contributed by atoms with E-state index in [1.165, 1.54) is 11.3 Å². The zero-order chi connectivity index (χ0) is 12.0. The molecule has 3 heteroatoms. The second-order valence-electron chi connectivity index (χ2n) is 4.39. The molecule has 90 valence electrons. The molecule has 0 aromatic carbocycles. The fourth-order valence-electron chi connectivity index (χ4n) is 1.59. The molecule has 2 N–H and O–H groups in total. The molecule has 0 unspecified atom stereocenters. The predicted molar refractivity (Wildman–Crippen MR) is 69.8 cm³/mol. The lowest BCUT2D eigenvalue weighted by atomic mass is 10.1. The molecule has 1 aromatic heterocycles. The van der Waals surface area contributed by atoms with Gasteiger partial charge in [0.05, 0.1) is 0 Å². The van der Waals surface area contributed by atoms with Crippen LogP contribution >= 0.6 is 0 Å². The first-order valence-electron chi connectivity index (χ1n) is 6.06. The maximum absolute atomic E-state index is 4.53. The Kier molecular flexibility index (Phi) is 5.26. The molecule has 0 bridgehead atoms. The van der Waals surface area contributed by atoms with Gasteiger partial charge in [0.1, 0.15) is 5.82 Å². The van der Waals surface area contributed by atoms with Gasteiger partial charge in [-0.2, -0.15) is 0 Å². The van der Waals surface area contributed by atoms with Gasteiger partial charge in [0.25, 0.3) is 0 Å². The average molecular weight is 221 g/mol. The third-order valence-electron chi connectivity index (χ3n) is 2.41. The smallest absolute Gasteiger partial charge is 0.126 e. The first kappa shape index (κ1) is 13.0. The van der Waals surface area contributed by atoms with Crippen LogP contribution in [0, 0.1) is 0 Å². The van der Waals surface area contributed by atoms with Gasteiger partial charge in [-0.05, 0) is 24.1 Å². The summed E-state index contributed by atoms with van der Waals surface area (Å²) in [6, 6.07) is 4.81. The summed E-state index contributed by atoms with van der Waals surface area (Å²) in [6.07, 6.45) is 2.18. The molecule has 0 aliphatic carbocycles.